The second-order valence-corrected chi connectivity index (χ2v) is 10.1. The van der Waals surface area contributed by atoms with Crippen LogP contribution >= 0.6 is 0 Å². The summed E-state index contributed by atoms with van der Waals surface area (Å²) in [5.41, 5.74) is 2.09. The quantitative estimate of drug-likeness (QED) is 0.295. The van der Waals surface area contributed by atoms with Crippen molar-refractivity contribution in [3.8, 4) is 11.5 Å². The minimum Gasteiger partial charge on any atom is -0.497 e. The SMILES string of the molecule is COc1ccc(S(=O)(=O)N(CC(=O)Nc2ccc3c(c2)oc2ccccc23)c2ccccc2OC)cc1. The molecule has 8 nitrogen and oxygen atoms in total. The van der Waals surface area contributed by atoms with Crippen molar-refractivity contribution in [3.05, 3.63) is 91.0 Å². The van der Waals surface area contributed by atoms with Gasteiger partial charge in [-0.2, -0.15) is 0 Å². The number of amides is 1. The van der Waals surface area contributed by atoms with Crippen LogP contribution in [0.1, 0.15) is 0 Å². The molecule has 0 aliphatic carbocycles. The largest absolute Gasteiger partial charge is 0.497 e. The maximum atomic E-state index is 13.7. The summed E-state index contributed by atoms with van der Waals surface area (Å²) in [6, 6.07) is 25.6. The van der Waals surface area contributed by atoms with E-state index in [9.17, 15) is 13.2 Å². The van der Waals surface area contributed by atoms with Gasteiger partial charge in [0.05, 0.1) is 24.8 Å². The lowest BCUT2D eigenvalue weighted by atomic mass is 10.1. The van der Waals surface area contributed by atoms with E-state index in [1.165, 1.54) is 26.4 Å². The molecule has 1 aromatic heterocycles. The van der Waals surface area contributed by atoms with E-state index in [-0.39, 0.29) is 10.6 Å². The second-order valence-electron chi connectivity index (χ2n) is 8.22. The highest BCUT2D eigenvalue weighted by molar-refractivity contribution is 7.92. The Morgan fingerprint density at radius 1 is 0.838 bits per heavy atom. The minimum atomic E-state index is -4.13. The molecule has 5 rings (SSSR count). The first-order valence-corrected chi connectivity index (χ1v) is 12.9. The summed E-state index contributed by atoms with van der Waals surface area (Å²) in [4.78, 5) is 13.2. The van der Waals surface area contributed by atoms with Gasteiger partial charge in [-0.05, 0) is 54.6 Å². The van der Waals surface area contributed by atoms with Crippen LogP contribution in [0.3, 0.4) is 0 Å². The van der Waals surface area contributed by atoms with Gasteiger partial charge in [-0.25, -0.2) is 8.42 Å². The van der Waals surface area contributed by atoms with Crippen LogP contribution in [0.25, 0.3) is 21.9 Å². The van der Waals surface area contributed by atoms with Crippen molar-refractivity contribution < 1.29 is 27.1 Å². The van der Waals surface area contributed by atoms with E-state index in [0.29, 0.717) is 22.8 Å². The summed E-state index contributed by atoms with van der Waals surface area (Å²) in [6.45, 7) is -0.479. The van der Waals surface area contributed by atoms with Crippen molar-refractivity contribution >= 4 is 49.2 Å². The zero-order valence-electron chi connectivity index (χ0n) is 20.2. The summed E-state index contributed by atoms with van der Waals surface area (Å²) in [7, 11) is -1.19. The smallest absolute Gasteiger partial charge is 0.264 e. The highest BCUT2D eigenvalue weighted by Crippen LogP contribution is 2.33. The average molecular weight is 517 g/mol. The lowest BCUT2D eigenvalue weighted by molar-refractivity contribution is -0.114. The number of fused-ring (bicyclic) bond motifs is 3. The molecule has 0 atom stereocenters. The van der Waals surface area contributed by atoms with Crippen molar-refractivity contribution in [3.63, 3.8) is 0 Å². The number of furan rings is 1. The number of carbonyl (C=O) groups is 1. The van der Waals surface area contributed by atoms with E-state index >= 15 is 0 Å². The molecular formula is C28H24N2O6S. The van der Waals surface area contributed by atoms with Gasteiger partial charge in [0.2, 0.25) is 5.91 Å². The van der Waals surface area contributed by atoms with Crippen LogP contribution < -0.4 is 19.1 Å². The van der Waals surface area contributed by atoms with Gasteiger partial charge in [-0.1, -0.05) is 30.3 Å². The lowest BCUT2D eigenvalue weighted by Gasteiger charge is -2.25. The Morgan fingerprint density at radius 3 is 2.30 bits per heavy atom. The van der Waals surface area contributed by atoms with E-state index in [1.54, 1.807) is 48.5 Å². The lowest BCUT2D eigenvalue weighted by Crippen LogP contribution is -2.38. The Bertz CT molecular complexity index is 1690. The highest BCUT2D eigenvalue weighted by atomic mass is 32.2. The number of nitrogens with one attached hydrogen (secondary N) is 1. The van der Waals surface area contributed by atoms with Gasteiger partial charge in [0.25, 0.3) is 10.0 Å². The van der Waals surface area contributed by atoms with Crippen LogP contribution in [0.15, 0.2) is 100 Å². The van der Waals surface area contributed by atoms with E-state index < -0.39 is 22.5 Å². The fraction of sp³-hybridized carbons (Fsp3) is 0.107. The normalized spacial score (nSPS) is 11.4. The van der Waals surface area contributed by atoms with Crippen molar-refractivity contribution in [1.29, 1.82) is 0 Å². The van der Waals surface area contributed by atoms with Crippen LogP contribution in [-0.2, 0) is 14.8 Å². The third-order valence-corrected chi connectivity index (χ3v) is 7.72. The number of hydrogen-bond donors (Lipinski definition) is 1. The fourth-order valence-corrected chi connectivity index (χ4v) is 5.58. The van der Waals surface area contributed by atoms with Gasteiger partial charge in [0, 0.05) is 22.5 Å². The van der Waals surface area contributed by atoms with E-state index in [2.05, 4.69) is 5.32 Å². The number of nitrogens with zero attached hydrogens (tertiary/aromatic N) is 1. The molecule has 0 saturated heterocycles. The summed E-state index contributed by atoms with van der Waals surface area (Å²) in [5, 5.41) is 4.69. The maximum absolute atomic E-state index is 13.7. The first-order valence-electron chi connectivity index (χ1n) is 11.4. The predicted molar refractivity (Wildman–Crippen MR) is 143 cm³/mol. The van der Waals surface area contributed by atoms with E-state index in [4.69, 9.17) is 13.9 Å². The predicted octanol–water partition coefficient (Wildman–Crippen LogP) is 5.44. The molecule has 1 heterocycles. The third-order valence-electron chi connectivity index (χ3n) is 5.95. The molecule has 0 aliphatic heterocycles. The van der Waals surface area contributed by atoms with Gasteiger partial charge in [-0.3, -0.25) is 9.10 Å². The number of benzene rings is 4. The van der Waals surface area contributed by atoms with Crippen molar-refractivity contribution in [2.24, 2.45) is 0 Å². The molecular weight excluding hydrogens is 492 g/mol. The Hall–Kier alpha value is -4.50. The Kier molecular flexibility index (Phi) is 6.45. The summed E-state index contributed by atoms with van der Waals surface area (Å²) in [5.74, 6) is 0.302. The van der Waals surface area contributed by atoms with E-state index in [0.717, 1.165) is 20.7 Å². The highest BCUT2D eigenvalue weighted by Gasteiger charge is 2.29. The van der Waals surface area contributed by atoms with Crippen molar-refractivity contribution in [2.45, 2.75) is 4.90 Å². The van der Waals surface area contributed by atoms with Gasteiger partial charge >= 0.3 is 0 Å². The van der Waals surface area contributed by atoms with Crippen LogP contribution in [0.5, 0.6) is 11.5 Å². The topological polar surface area (TPSA) is 98.1 Å². The van der Waals surface area contributed by atoms with Gasteiger partial charge < -0.3 is 19.2 Å². The molecule has 37 heavy (non-hydrogen) atoms. The summed E-state index contributed by atoms with van der Waals surface area (Å²) < 4.78 is 44.9. The van der Waals surface area contributed by atoms with Crippen molar-refractivity contribution in [2.75, 3.05) is 30.4 Å². The van der Waals surface area contributed by atoms with Gasteiger partial charge in [0.1, 0.15) is 29.2 Å². The van der Waals surface area contributed by atoms with Crippen LogP contribution in [-0.4, -0.2) is 35.1 Å². The maximum Gasteiger partial charge on any atom is 0.264 e. The molecule has 0 fully saturated rings. The third kappa shape index (κ3) is 4.68. The van der Waals surface area contributed by atoms with Crippen molar-refractivity contribution in [1.82, 2.24) is 0 Å². The molecule has 0 spiro atoms. The summed E-state index contributed by atoms with van der Waals surface area (Å²) in [6.07, 6.45) is 0. The molecule has 0 radical (unpaired) electrons. The number of para-hydroxylation sites is 3. The fourth-order valence-electron chi connectivity index (χ4n) is 4.14. The molecule has 0 unspecified atom stereocenters. The molecule has 0 aliphatic rings. The Morgan fingerprint density at radius 2 is 1.54 bits per heavy atom. The average Bonchev–Trinajstić information content (AvgIpc) is 3.29. The van der Waals surface area contributed by atoms with E-state index in [1.807, 2.05) is 30.3 Å². The molecule has 9 heteroatoms. The molecule has 0 saturated carbocycles. The molecule has 1 amide bonds. The standard InChI is InChI=1S/C28H24N2O6S/c1-34-20-12-14-21(15-13-20)37(32,33)30(24-8-4-6-10-26(24)35-2)18-28(31)29-19-11-16-23-22-7-3-5-9-25(22)36-27(23)17-19/h3-17H,18H2,1-2H3,(H,29,31). The Labute approximate surface area is 214 Å². The Balaban J connectivity index is 1.47. The molecule has 1 N–H and O–H groups in total. The first-order chi connectivity index (χ1) is 17.9. The number of methoxy groups -OCH3 is 2. The zero-order valence-corrected chi connectivity index (χ0v) is 21.0. The minimum absolute atomic E-state index is 0.00991. The van der Waals surface area contributed by atoms with Crippen LogP contribution in [0.4, 0.5) is 11.4 Å². The van der Waals surface area contributed by atoms with Gasteiger partial charge in [0.15, 0.2) is 0 Å². The summed E-state index contributed by atoms with van der Waals surface area (Å²) >= 11 is 0. The number of anilines is 2. The molecule has 5 aromatic rings. The number of ether oxygens (including phenoxy) is 2. The number of rotatable bonds is 8. The number of hydrogen-bond acceptors (Lipinski definition) is 6. The monoisotopic (exact) mass is 516 g/mol. The molecule has 0 bridgehead atoms. The zero-order chi connectivity index (χ0) is 26.0. The van der Waals surface area contributed by atoms with Crippen LogP contribution in [0.2, 0.25) is 0 Å². The molecule has 188 valence electrons. The van der Waals surface area contributed by atoms with Gasteiger partial charge in [-0.15, -0.1) is 0 Å². The molecule has 4 aromatic carbocycles. The first kappa shape index (κ1) is 24.2. The number of sulfonamides is 1. The second kappa shape index (κ2) is 9.87. The van der Waals surface area contributed by atoms with Crippen LogP contribution in [0, 0.1) is 0 Å². The number of carbonyl (C=O) groups excluding carboxylic acids is 1.